The fourth-order valence-electron chi connectivity index (χ4n) is 3.81. The van der Waals surface area contributed by atoms with Crippen LogP contribution in [0.1, 0.15) is 10.4 Å². The molecule has 0 spiro atoms. The summed E-state index contributed by atoms with van der Waals surface area (Å²) in [5, 5.41) is 2.92. The first-order valence-electron chi connectivity index (χ1n) is 16.1. The summed E-state index contributed by atoms with van der Waals surface area (Å²) in [4.78, 5) is 13.0. The molecule has 2 aromatic rings. The molecule has 1 amide bonds. The molecule has 0 aliphatic carbocycles. The smallest absolute Gasteiger partial charge is 0.255 e. The first-order chi connectivity index (χ1) is 23.7. The zero-order valence-corrected chi connectivity index (χ0v) is 28.6. The van der Waals surface area contributed by atoms with Crippen LogP contribution in [0.25, 0.3) is 0 Å². The van der Waals surface area contributed by atoms with Gasteiger partial charge in [0.15, 0.2) is 11.5 Å². The third-order valence-electron chi connectivity index (χ3n) is 6.17. The number of carbonyl (C=O) groups is 1. The summed E-state index contributed by atoms with van der Waals surface area (Å²) in [5.41, 5.74) is 0.971. The third-order valence-corrected chi connectivity index (χ3v) is 6.17. The maximum absolute atomic E-state index is 13.0. The zero-order valence-electron chi connectivity index (χ0n) is 28.6. The van der Waals surface area contributed by atoms with E-state index in [1.807, 2.05) is 6.07 Å². The lowest BCUT2D eigenvalue weighted by Crippen LogP contribution is -2.16. The SMILES string of the molecule is COCCOCCOCCOc1cc(NC(=O)c2ccccc2)cc(OCCOCCOCCOC)c1OCCOCCOCCOC. The van der Waals surface area contributed by atoms with Gasteiger partial charge in [-0.1, -0.05) is 18.2 Å². The van der Waals surface area contributed by atoms with Crippen molar-refractivity contribution in [3.63, 3.8) is 0 Å². The topological polar surface area (TPSA) is 140 Å². The Morgan fingerprint density at radius 3 is 1.23 bits per heavy atom. The Balaban J connectivity index is 2.08. The predicted molar refractivity (Wildman–Crippen MR) is 178 cm³/mol. The van der Waals surface area contributed by atoms with Crippen LogP contribution >= 0.6 is 0 Å². The molecule has 0 aliphatic rings. The van der Waals surface area contributed by atoms with E-state index < -0.39 is 0 Å². The number of methoxy groups -OCH3 is 3. The molecule has 0 unspecified atom stereocenters. The van der Waals surface area contributed by atoms with E-state index in [4.69, 9.17) is 56.8 Å². The predicted octanol–water partition coefficient (Wildman–Crippen LogP) is 3.11. The van der Waals surface area contributed by atoms with Crippen molar-refractivity contribution in [2.75, 3.05) is 146 Å². The number of anilines is 1. The molecule has 1 N–H and O–H groups in total. The van der Waals surface area contributed by atoms with Crippen molar-refractivity contribution in [1.29, 1.82) is 0 Å². The average Bonchev–Trinajstić information content (AvgIpc) is 3.10. The van der Waals surface area contributed by atoms with Crippen molar-refractivity contribution in [2.45, 2.75) is 0 Å². The van der Waals surface area contributed by atoms with E-state index in [2.05, 4.69) is 5.32 Å². The summed E-state index contributed by atoms with van der Waals surface area (Å²) in [7, 11) is 4.87. The van der Waals surface area contributed by atoms with Gasteiger partial charge >= 0.3 is 0 Å². The van der Waals surface area contributed by atoms with E-state index >= 15 is 0 Å². The van der Waals surface area contributed by atoms with Gasteiger partial charge in [-0.3, -0.25) is 4.79 Å². The second-order valence-corrected chi connectivity index (χ2v) is 9.82. The Morgan fingerprint density at radius 2 is 0.833 bits per heavy atom. The summed E-state index contributed by atoms with van der Waals surface area (Å²) in [6, 6.07) is 12.3. The summed E-state index contributed by atoms with van der Waals surface area (Å²) in [6.07, 6.45) is 0. The maximum atomic E-state index is 13.0. The van der Waals surface area contributed by atoms with Crippen LogP contribution in [0.5, 0.6) is 17.2 Å². The highest BCUT2D eigenvalue weighted by molar-refractivity contribution is 6.04. The quantitative estimate of drug-likeness (QED) is 0.113. The van der Waals surface area contributed by atoms with Crippen LogP contribution in [0.15, 0.2) is 42.5 Å². The molecular weight excluding hydrogens is 630 g/mol. The van der Waals surface area contributed by atoms with Crippen molar-refractivity contribution in [1.82, 2.24) is 0 Å². The van der Waals surface area contributed by atoms with Crippen molar-refractivity contribution in [3.05, 3.63) is 48.0 Å². The standard InChI is InChI=1S/C34H53NO13/c1-37-9-12-40-15-18-43-21-24-46-31-27-30(35-34(36)29-7-5-4-6-8-29)28-32(47-25-22-44-19-16-41-13-10-38-2)33(31)48-26-23-45-20-17-42-14-11-39-3/h4-8,27-28H,9-26H2,1-3H3,(H,35,36). The number of amides is 1. The Morgan fingerprint density at radius 1 is 0.479 bits per heavy atom. The molecule has 0 aromatic heterocycles. The zero-order chi connectivity index (χ0) is 34.3. The van der Waals surface area contributed by atoms with Crippen LogP contribution in [-0.2, 0) is 42.6 Å². The molecule has 0 heterocycles. The van der Waals surface area contributed by atoms with E-state index in [1.54, 1.807) is 57.7 Å². The molecule has 48 heavy (non-hydrogen) atoms. The van der Waals surface area contributed by atoms with Crippen molar-refractivity contribution < 1.29 is 61.6 Å². The average molecular weight is 684 g/mol. The van der Waals surface area contributed by atoms with Gasteiger partial charge in [-0.05, 0) is 12.1 Å². The minimum absolute atomic E-state index is 0.213. The van der Waals surface area contributed by atoms with Gasteiger partial charge in [0.2, 0.25) is 5.75 Å². The molecule has 14 nitrogen and oxygen atoms in total. The van der Waals surface area contributed by atoms with Crippen LogP contribution < -0.4 is 19.5 Å². The number of hydrogen-bond acceptors (Lipinski definition) is 13. The van der Waals surface area contributed by atoms with Gasteiger partial charge in [0.25, 0.3) is 5.91 Å². The molecule has 0 saturated carbocycles. The minimum atomic E-state index is -0.282. The first kappa shape index (κ1) is 41.1. The van der Waals surface area contributed by atoms with Gasteiger partial charge in [-0.15, -0.1) is 0 Å². The van der Waals surface area contributed by atoms with Gasteiger partial charge in [-0.2, -0.15) is 0 Å². The molecule has 0 fully saturated rings. The number of carbonyl (C=O) groups excluding carboxylic acids is 1. The van der Waals surface area contributed by atoms with E-state index in [-0.39, 0.29) is 25.7 Å². The highest BCUT2D eigenvalue weighted by atomic mass is 16.6. The molecule has 272 valence electrons. The highest BCUT2D eigenvalue weighted by Crippen LogP contribution is 2.41. The lowest BCUT2D eigenvalue weighted by atomic mass is 10.2. The second kappa shape index (κ2) is 28.9. The van der Waals surface area contributed by atoms with Crippen LogP contribution in [0.4, 0.5) is 5.69 Å². The van der Waals surface area contributed by atoms with E-state index in [9.17, 15) is 4.79 Å². The van der Waals surface area contributed by atoms with Crippen molar-refractivity contribution in [2.24, 2.45) is 0 Å². The Hall–Kier alpha value is -3.05. The van der Waals surface area contributed by atoms with Crippen LogP contribution in [0, 0.1) is 0 Å². The second-order valence-electron chi connectivity index (χ2n) is 9.82. The number of hydrogen-bond donors (Lipinski definition) is 1. The molecule has 2 aromatic carbocycles. The summed E-state index contributed by atoms with van der Waals surface area (Å²) in [5.74, 6) is 0.812. The molecular formula is C34H53NO13. The molecule has 14 heteroatoms. The highest BCUT2D eigenvalue weighted by Gasteiger charge is 2.18. The third kappa shape index (κ3) is 19.7. The molecule has 0 radical (unpaired) electrons. The molecule has 0 bridgehead atoms. The first-order valence-corrected chi connectivity index (χ1v) is 16.1. The number of benzene rings is 2. The summed E-state index contributed by atoms with van der Waals surface area (Å²) in [6.45, 7) is 7.15. The maximum Gasteiger partial charge on any atom is 0.255 e. The van der Waals surface area contributed by atoms with E-state index in [1.165, 1.54) is 0 Å². The summed E-state index contributed by atoms with van der Waals surface area (Å²) < 4.78 is 66.5. The Labute approximate surface area is 284 Å². The van der Waals surface area contributed by atoms with Crippen molar-refractivity contribution in [3.8, 4) is 17.2 Å². The monoisotopic (exact) mass is 683 g/mol. The minimum Gasteiger partial charge on any atom is -0.487 e. The number of nitrogens with one attached hydrogen (secondary N) is 1. The van der Waals surface area contributed by atoms with Crippen LogP contribution in [0.2, 0.25) is 0 Å². The van der Waals surface area contributed by atoms with Gasteiger partial charge < -0.3 is 62.2 Å². The lowest BCUT2D eigenvalue weighted by molar-refractivity contribution is 0.0146. The van der Waals surface area contributed by atoms with Gasteiger partial charge in [0, 0.05) is 44.7 Å². The lowest BCUT2D eigenvalue weighted by Gasteiger charge is -2.19. The van der Waals surface area contributed by atoms with Crippen LogP contribution in [0.3, 0.4) is 0 Å². The van der Waals surface area contributed by atoms with E-state index in [0.29, 0.717) is 128 Å². The molecule has 0 aliphatic heterocycles. The van der Waals surface area contributed by atoms with Crippen LogP contribution in [-0.4, -0.2) is 146 Å². The van der Waals surface area contributed by atoms with Crippen molar-refractivity contribution >= 4 is 11.6 Å². The van der Waals surface area contributed by atoms with Gasteiger partial charge in [0.1, 0.15) is 19.8 Å². The Bertz CT molecular complexity index is 1020. The molecule has 0 atom stereocenters. The number of rotatable bonds is 32. The Kier molecular flexibility index (Phi) is 24.8. The van der Waals surface area contributed by atoms with Gasteiger partial charge in [0.05, 0.1) is 99.1 Å². The summed E-state index contributed by atoms with van der Waals surface area (Å²) >= 11 is 0. The van der Waals surface area contributed by atoms with Gasteiger partial charge in [-0.25, -0.2) is 0 Å². The molecule has 2 rings (SSSR count). The fourth-order valence-corrected chi connectivity index (χ4v) is 3.81. The molecule has 0 saturated heterocycles. The van der Waals surface area contributed by atoms with E-state index in [0.717, 1.165) is 0 Å². The largest absolute Gasteiger partial charge is 0.487 e. The fraction of sp³-hybridized carbons (Fsp3) is 0.618. The normalized spacial score (nSPS) is 11.1. The number of ether oxygens (including phenoxy) is 12.